The summed E-state index contributed by atoms with van der Waals surface area (Å²) in [4.78, 5) is 38.4. The van der Waals surface area contributed by atoms with Crippen molar-refractivity contribution in [2.24, 2.45) is 5.41 Å². The molecule has 0 radical (unpaired) electrons. The van der Waals surface area contributed by atoms with E-state index in [1.807, 2.05) is 33.1 Å². The number of nitrogens with one attached hydrogen (secondary N) is 2. The van der Waals surface area contributed by atoms with Gasteiger partial charge in [-0.25, -0.2) is 4.98 Å². The molecule has 1 aliphatic rings. The van der Waals surface area contributed by atoms with Gasteiger partial charge in [0.2, 0.25) is 5.91 Å². The molecule has 144 valence electrons. The maximum atomic E-state index is 12.4. The molecular formula is C19H25N5O2S. The van der Waals surface area contributed by atoms with Crippen LogP contribution in [0.25, 0.3) is 0 Å². The molecule has 0 fully saturated rings. The lowest BCUT2D eigenvalue weighted by Gasteiger charge is -2.28. The van der Waals surface area contributed by atoms with Crippen molar-refractivity contribution in [3.8, 4) is 0 Å². The smallest absolute Gasteiger partial charge is 0.256 e. The zero-order valence-electron chi connectivity index (χ0n) is 16.1. The summed E-state index contributed by atoms with van der Waals surface area (Å²) in [7, 11) is 0. The Morgan fingerprint density at radius 2 is 2.19 bits per heavy atom. The van der Waals surface area contributed by atoms with Gasteiger partial charge in [-0.1, -0.05) is 32.5 Å². The highest BCUT2D eigenvalue weighted by molar-refractivity contribution is 7.98. The number of hydrogen-bond acceptors (Lipinski definition) is 6. The SMILES string of the molecule is CSc1nc2c(c(=O)[nH]1)CN(Cc1cnccc1NC(=O)C(C)(C)C)CC2. The second-order valence-corrected chi connectivity index (χ2v) is 8.49. The van der Waals surface area contributed by atoms with E-state index in [-0.39, 0.29) is 11.5 Å². The summed E-state index contributed by atoms with van der Waals surface area (Å²) in [6.45, 7) is 7.59. The summed E-state index contributed by atoms with van der Waals surface area (Å²) < 4.78 is 0. The molecule has 3 heterocycles. The van der Waals surface area contributed by atoms with Gasteiger partial charge in [0.05, 0.1) is 11.3 Å². The Kier molecular flexibility index (Phi) is 5.67. The van der Waals surface area contributed by atoms with Gasteiger partial charge in [0.25, 0.3) is 5.56 Å². The molecule has 7 nitrogen and oxygen atoms in total. The van der Waals surface area contributed by atoms with Crippen LogP contribution in [-0.4, -0.2) is 38.6 Å². The number of anilines is 1. The number of rotatable bonds is 4. The minimum atomic E-state index is -0.474. The topological polar surface area (TPSA) is 91.0 Å². The van der Waals surface area contributed by atoms with Crippen LogP contribution in [0.5, 0.6) is 0 Å². The molecule has 0 spiro atoms. The molecule has 0 saturated heterocycles. The predicted octanol–water partition coefficient (Wildman–Crippen LogP) is 2.43. The molecule has 0 atom stereocenters. The van der Waals surface area contributed by atoms with Crippen molar-refractivity contribution >= 4 is 23.4 Å². The number of amides is 1. The van der Waals surface area contributed by atoms with Crippen LogP contribution in [0.15, 0.2) is 28.4 Å². The molecule has 0 saturated carbocycles. The zero-order valence-corrected chi connectivity index (χ0v) is 16.9. The lowest BCUT2D eigenvalue weighted by Crippen LogP contribution is -2.36. The van der Waals surface area contributed by atoms with Crippen molar-refractivity contribution in [2.75, 3.05) is 18.1 Å². The lowest BCUT2D eigenvalue weighted by molar-refractivity contribution is -0.123. The Balaban J connectivity index is 1.78. The number of hydrogen-bond donors (Lipinski definition) is 2. The molecule has 0 aromatic carbocycles. The summed E-state index contributed by atoms with van der Waals surface area (Å²) >= 11 is 1.44. The van der Waals surface area contributed by atoms with Gasteiger partial charge in [-0.3, -0.25) is 19.5 Å². The fraction of sp³-hybridized carbons (Fsp3) is 0.474. The monoisotopic (exact) mass is 387 g/mol. The van der Waals surface area contributed by atoms with E-state index in [0.717, 1.165) is 35.5 Å². The number of pyridine rings is 1. The largest absolute Gasteiger partial charge is 0.325 e. The van der Waals surface area contributed by atoms with Gasteiger partial charge >= 0.3 is 0 Å². The summed E-state index contributed by atoms with van der Waals surface area (Å²) in [5.74, 6) is -0.0378. The highest BCUT2D eigenvalue weighted by atomic mass is 32.2. The average Bonchev–Trinajstić information content (AvgIpc) is 2.62. The van der Waals surface area contributed by atoms with Crippen molar-refractivity contribution in [1.29, 1.82) is 0 Å². The van der Waals surface area contributed by atoms with Crippen LogP contribution in [0.1, 0.15) is 37.6 Å². The third kappa shape index (κ3) is 4.56. The number of fused-ring (bicyclic) bond motifs is 1. The number of aromatic amines is 1. The Morgan fingerprint density at radius 1 is 1.41 bits per heavy atom. The molecule has 8 heteroatoms. The molecule has 2 N–H and O–H groups in total. The van der Waals surface area contributed by atoms with Gasteiger partial charge < -0.3 is 10.3 Å². The average molecular weight is 388 g/mol. The van der Waals surface area contributed by atoms with Gasteiger partial charge in [0.15, 0.2) is 5.16 Å². The first-order valence-electron chi connectivity index (χ1n) is 8.90. The van der Waals surface area contributed by atoms with Gasteiger partial charge in [0.1, 0.15) is 0 Å². The van der Waals surface area contributed by atoms with Crippen LogP contribution in [0, 0.1) is 5.41 Å². The third-order valence-electron chi connectivity index (χ3n) is 4.55. The lowest BCUT2D eigenvalue weighted by atomic mass is 9.95. The maximum Gasteiger partial charge on any atom is 0.256 e. The highest BCUT2D eigenvalue weighted by Crippen LogP contribution is 2.23. The van der Waals surface area contributed by atoms with E-state index in [0.29, 0.717) is 18.2 Å². The Labute approximate surface area is 163 Å². The summed E-state index contributed by atoms with van der Waals surface area (Å²) in [5.41, 5.74) is 2.76. The fourth-order valence-corrected chi connectivity index (χ4v) is 3.31. The van der Waals surface area contributed by atoms with Gasteiger partial charge in [0, 0.05) is 55.1 Å². The summed E-state index contributed by atoms with van der Waals surface area (Å²) in [6, 6.07) is 1.82. The molecular weight excluding hydrogens is 362 g/mol. The van der Waals surface area contributed by atoms with E-state index < -0.39 is 5.41 Å². The molecule has 1 amide bonds. The standard InChI is InChI=1S/C19H25N5O2S/c1-19(2,3)17(26)21-14-5-7-20-9-12(14)10-24-8-6-15-13(11-24)16(25)23-18(22-15)27-4/h5,7,9H,6,8,10-11H2,1-4H3,(H,20,21,26)(H,22,23,25). The van der Waals surface area contributed by atoms with Crippen LogP contribution in [0.2, 0.25) is 0 Å². The Bertz CT molecular complexity index is 904. The van der Waals surface area contributed by atoms with Crippen molar-refractivity contribution in [1.82, 2.24) is 19.9 Å². The quantitative estimate of drug-likeness (QED) is 0.618. The molecule has 27 heavy (non-hydrogen) atoms. The fourth-order valence-electron chi connectivity index (χ4n) is 2.92. The van der Waals surface area contributed by atoms with E-state index in [2.05, 4.69) is 25.2 Å². The first-order valence-corrected chi connectivity index (χ1v) is 10.1. The Hall–Kier alpha value is -2.19. The van der Waals surface area contributed by atoms with Crippen LogP contribution >= 0.6 is 11.8 Å². The number of carbonyl (C=O) groups is 1. The summed E-state index contributed by atoms with van der Waals surface area (Å²) in [6.07, 6.45) is 6.07. The zero-order chi connectivity index (χ0) is 19.6. The van der Waals surface area contributed by atoms with Crippen molar-refractivity contribution in [2.45, 2.75) is 45.4 Å². The molecule has 1 aliphatic heterocycles. The first kappa shape index (κ1) is 19.6. The minimum absolute atomic E-state index is 0.0378. The van der Waals surface area contributed by atoms with Crippen molar-refractivity contribution < 1.29 is 4.79 Å². The van der Waals surface area contributed by atoms with Crippen molar-refractivity contribution in [3.05, 3.63) is 45.6 Å². The van der Waals surface area contributed by atoms with Gasteiger partial charge in [-0.2, -0.15) is 0 Å². The molecule has 0 aliphatic carbocycles. The minimum Gasteiger partial charge on any atom is -0.325 e. The van der Waals surface area contributed by atoms with E-state index in [4.69, 9.17) is 0 Å². The van der Waals surface area contributed by atoms with E-state index in [1.54, 1.807) is 12.4 Å². The van der Waals surface area contributed by atoms with Gasteiger partial charge in [-0.05, 0) is 12.3 Å². The Morgan fingerprint density at radius 3 is 2.89 bits per heavy atom. The second-order valence-electron chi connectivity index (χ2n) is 7.70. The summed E-state index contributed by atoms with van der Waals surface area (Å²) in [5, 5.41) is 3.66. The van der Waals surface area contributed by atoms with E-state index >= 15 is 0 Å². The van der Waals surface area contributed by atoms with Crippen LogP contribution < -0.4 is 10.9 Å². The van der Waals surface area contributed by atoms with E-state index in [9.17, 15) is 9.59 Å². The van der Waals surface area contributed by atoms with Crippen molar-refractivity contribution in [3.63, 3.8) is 0 Å². The molecule has 3 rings (SSSR count). The molecule has 0 bridgehead atoms. The number of H-pyrrole nitrogens is 1. The third-order valence-corrected chi connectivity index (χ3v) is 5.13. The number of aromatic nitrogens is 3. The number of nitrogens with zero attached hydrogens (tertiary/aromatic N) is 3. The normalized spacial score (nSPS) is 14.7. The number of carbonyl (C=O) groups excluding carboxylic acids is 1. The predicted molar refractivity (Wildman–Crippen MR) is 107 cm³/mol. The second kappa shape index (κ2) is 7.82. The molecule has 2 aromatic heterocycles. The van der Waals surface area contributed by atoms with Crippen LogP contribution in [-0.2, 0) is 24.3 Å². The van der Waals surface area contributed by atoms with Crippen LogP contribution in [0.3, 0.4) is 0 Å². The highest BCUT2D eigenvalue weighted by Gasteiger charge is 2.24. The molecule has 0 unspecified atom stereocenters. The van der Waals surface area contributed by atoms with Crippen LogP contribution in [0.4, 0.5) is 5.69 Å². The van der Waals surface area contributed by atoms with E-state index in [1.165, 1.54) is 11.8 Å². The number of thioether (sulfide) groups is 1. The first-order chi connectivity index (χ1) is 12.8. The molecule has 2 aromatic rings. The maximum absolute atomic E-state index is 12.4. The van der Waals surface area contributed by atoms with Gasteiger partial charge in [-0.15, -0.1) is 0 Å².